The minimum absolute atomic E-state index is 0.158. The Hall–Kier alpha value is -1.30. The molecule has 0 radical (unpaired) electrons. The Bertz CT molecular complexity index is 249. The Morgan fingerprint density at radius 2 is 2.19 bits per heavy atom. The van der Waals surface area contributed by atoms with Crippen LogP contribution in [-0.4, -0.2) is 54.9 Å². The lowest BCUT2D eigenvalue weighted by molar-refractivity contribution is -0.140. The van der Waals surface area contributed by atoms with Crippen molar-refractivity contribution in [2.45, 2.75) is 13.3 Å². The predicted molar refractivity (Wildman–Crippen MR) is 57.2 cm³/mol. The summed E-state index contributed by atoms with van der Waals surface area (Å²) in [6.07, 6.45) is 0.821. The van der Waals surface area contributed by atoms with Crippen molar-refractivity contribution in [2.24, 2.45) is 5.92 Å². The van der Waals surface area contributed by atoms with Gasteiger partial charge in [-0.1, -0.05) is 6.92 Å². The van der Waals surface area contributed by atoms with Gasteiger partial charge in [-0.05, 0) is 6.42 Å². The van der Waals surface area contributed by atoms with Crippen molar-refractivity contribution in [3.05, 3.63) is 0 Å². The molecule has 0 aromatic carbocycles. The number of hydrogen-bond acceptors (Lipinski definition) is 3. The molecule has 6 nitrogen and oxygen atoms in total. The number of nitrogens with one attached hydrogen (secondary N) is 1. The number of carbonyl (C=O) groups is 2. The van der Waals surface area contributed by atoms with E-state index in [0.717, 1.165) is 6.42 Å². The standard InChI is InChI=1S/C10H18N2O4/c1-8(9(13)14)7-11-10(15)12-3-2-5-16-6-4-12/h8H,2-7H2,1H3,(H,11,15)(H,13,14). The fraction of sp³-hybridized carbons (Fsp3) is 0.800. The maximum atomic E-state index is 11.6. The van der Waals surface area contributed by atoms with Gasteiger partial charge in [0.05, 0.1) is 12.5 Å². The van der Waals surface area contributed by atoms with Gasteiger partial charge >= 0.3 is 12.0 Å². The predicted octanol–water partition coefficient (Wildman–Crippen LogP) is 0.139. The Labute approximate surface area is 94.6 Å². The van der Waals surface area contributed by atoms with Crippen molar-refractivity contribution in [1.82, 2.24) is 10.2 Å². The topological polar surface area (TPSA) is 78.9 Å². The number of carboxylic acid groups (broad SMARTS) is 1. The molecule has 1 atom stereocenters. The summed E-state index contributed by atoms with van der Waals surface area (Å²) in [5.74, 6) is -1.47. The van der Waals surface area contributed by atoms with E-state index in [1.165, 1.54) is 0 Å². The number of carboxylic acids is 1. The van der Waals surface area contributed by atoms with Crippen molar-refractivity contribution in [2.75, 3.05) is 32.8 Å². The van der Waals surface area contributed by atoms with E-state index in [-0.39, 0.29) is 12.6 Å². The number of ether oxygens (including phenoxy) is 1. The van der Waals surface area contributed by atoms with Crippen molar-refractivity contribution in [3.8, 4) is 0 Å². The van der Waals surface area contributed by atoms with Crippen LogP contribution in [0, 0.1) is 5.92 Å². The van der Waals surface area contributed by atoms with Gasteiger partial charge in [0.1, 0.15) is 0 Å². The number of amides is 2. The molecule has 1 saturated heterocycles. The van der Waals surface area contributed by atoms with E-state index in [1.54, 1.807) is 11.8 Å². The third-order valence-electron chi connectivity index (χ3n) is 2.49. The molecule has 1 heterocycles. The fourth-order valence-corrected chi connectivity index (χ4v) is 1.39. The molecule has 2 N–H and O–H groups in total. The monoisotopic (exact) mass is 230 g/mol. The molecule has 1 aliphatic rings. The van der Waals surface area contributed by atoms with Gasteiger partial charge in [0.2, 0.25) is 0 Å². The maximum absolute atomic E-state index is 11.6. The van der Waals surface area contributed by atoms with Crippen molar-refractivity contribution >= 4 is 12.0 Å². The molecule has 1 rings (SSSR count). The summed E-state index contributed by atoms with van der Waals surface area (Å²) in [5, 5.41) is 11.3. The van der Waals surface area contributed by atoms with E-state index in [0.29, 0.717) is 26.3 Å². The highest BCUT2D eigenvalue weighted by Crippen LogP contribution is 2.00. The molecule has 1 fully saturated rings. The zero-order valence-electron chi connectivity index (χ0n) is 9.44. The number of urea groups is 1. The Morgan fingerprint density at radius 1 is 1.44 bits per heavy atom. The van der Waals surface area contributed by atoms with Gasteiger partial charge in [-0.25, -0.2) is 4.79 Å². The van der Waals surface area contributed by atoms with Crippen LogP contribution in [0.4, 0.5) is 4.79 Å². The minimum atomic E-state index is -0.903. The second-order valence-electron chi connectivity index (χ2n) is 3.88. The van der Waals surface area contributed by atoms with Crippen LogP contribution in [0.3, 0.4) is 0 Å². The zero-order chi connectivity index (χ0) is 12.0. The summed E-state index contributed by atoms with van der Waals surface area (Å²) in [7, 11) is 0. The van der Waals surface area contributed by atoms with Crippen molar-refractivity contribution in [3.63, 3.8) is 0 Å². The molecule has 0 aromatic heterocycles. The molecule has 0 aliphatic carbocycles. The molecule has 0 aromatic rings. The van der Waals surface area contributed by atoms with Crippen LogP contribution in [-0.2, 0) is 9.53 Å². The molecule has 1 aliphatic heterocycles. The molecule has 1 unspecified atom stereocenters. The SMILES string of the molecule is CC(CNC(=O)N1CCCOCC1)C(=O)O. The Kier molecular flexibility index (Phi) is 5.04. The van der Waals surface area contributed by atoms with E-state index in [1.807, 2.05) is 0 Å². The molecule has 92 valence electrons. The quantitative estimate of drug-likeness (QED) is 0.722. The summed E-state index contributed by atoms with van der Waals surface area (Å²) in [5.41, 5.74) is 0. The molecule has 0 spiro atoms. The van der Waals surface area contributed by atoms with Crippen LogP contribution in [0.5, 0.6) is 0 Å². The van der Waals surface area contributed by atoms with Gasteiger partial charge < -0.3 is 20.1 Å². The van der Waals surface area contributed by atoms with E-state index >= 15 is 0 Å². The average Bonchev–Trinajstić information content (AvgIpc) is 2.53. The van der Waals surface area contributed by atoms with E-state index in [4.69, 9.17) is 9.84 Å². The third-order valence-corrected chi connectivity index (χ3v) is 2.49. The lowest BCUT2D eigenvalue weighted by atomic mass is 10.2. The lowest BCUT2D eigenvalue weighted by Crippen LogP contribution is -2.43. The van der Waals surface area contributed by atoms with Gasteiger partial charge in [-0.2, -0.15) is 0 Å². The van der Waals surface area contributed by atoms with Gasteiger partial charge in [-0.3, -0.25) is 4.79 Å². The Balaban J connectivity index is 2.30. The smallest absolute Gasteiger partial charge is 0.317 e. The van der Waals surface area contributed by atoms with Crippen LogP contribution in [0.25, 0.3) is 0 Å². The van der Waals surface area contributed by atoms with Gasteiger partial charge in [-0.15, -0.1) is 0 Å². The van der Waals surface area contributed by atoms with Crippen molar-refractivity contribution < 1.29 is 19.4 Å². The second-order valence-corrected chi connectivity index (χ2v) is 3.88. The molecular weight excluding hydrogens is 212 g/mol. The van der Waals surface area contributed by atoms with Crippen molar-refractivity contribution in [1.29, 1.82) is 0 Å². The molecule has 16 heavy (non-hydrogen) atoms. The number of aliphatic carboxylic acids is 1. The summed E-state index contributed by atoms with van der Waals surface area (Å²) in [4.78, 5) is 23.9. The Morgan fingerprint density at radius 3 is 2.88 bits per heavy atom. The number of rotatable bonds is 3. The summed E-state index contributed by atoms with van der Waals surface area (Å²) < 4.78 is 5.22. The molecular formula is C10H18N2O4. The highest BCUT2D eigenvalue weighted by Gasteiger charge is 2.17. The maximum Gasteiger partial charge on any atom is 0.317 e. The first-order chi connectivity index (χ1) is 7.61. The third kappa shape index (κ3) is 4.06. The van der Waals surface area contributed by atoms with Crippen LogP contribution < -0.4 is 5.32 Å². The molecule has 2 amide bonds. The van der Waals surface area contributed by atoms with Crippen LogP contribution in [0.1, 0.15) is 13.3 Å². The normalized spacial score (nSPS) is 18.7. The van der Waals surface area contributed by atoms with Crippen LogP contribution in [0.15, 0.2) is 0 Å². The molecule has 0 bridgehead atoms. The largest absolute Gasteiger partial charge is 0.481 e. The first-order valence-electron chi connectivity index (χ1n) is 5.44. The highest BCUT2D eigenvalue weighted by molar-refractivity contribution is 5.75. The molecule has 6 heteroatoms. The van der Waals surface area contributed by atoms with E-state index in [9.17, 15) is 9.59 Å². The van der Waals surface area contributed by atoms with E-state index in [2.05, 4.69) is 5.32 Å². The molecule has 0 saturated carbocycles. The summed E-state index contributed by atoms with van der Waals surface area (Å²) in [6, 6.07) is -0.210. The zero-order valence-corrected chi connectivity index (χ0v) is 9.44. The number of hydrogen-bond donors (Lipinski definition) is 2. The van der Waals surface area contributed by atoms with E-state index < -0.39 is 11.9 Å². The van der Waals surface area contributed by atoms with Crippen LogP contribution in [0.2, 0.25) is 0 Å². The number of nitrogens with zero attached hydrogens (tertiary/aromatic N) is 1. The number of carbonyl (C=O) groups excluding carboxylic acids is 1. The first kappa shape index (κ1) is 12.8. The van der Waals surface area contributed by atoms with Gasteiger partial charge in [0.25, 0.3) is 0 Å². The summed E-state index contributed by atoms with van der Waals surface area (Å²) >= 11 is 0. The highest BCUT2D eigenvalue weighted by atomic mass is 16.5. The lowest BCUT2D eigenvalue weighted by Gasteiger charge is -2.20. The van der Waals surface area contributed by atoms with Gasteiger partial charge in [0, 0.05) is 26.2 Å². The first-order valence-corrected chi connectivity index (χ1v) is 5.44. The second kappa shape index (κ2) is 6.32. The fourth-order valence-electron chi connectivity index (χ4n) is 1.39. The van der Waals surface area contributed by atoms with Crippen LogP contribution >= 0.6 is 0 Å². The minimum Gasteiger partial charge on any atom is -0.481 e. The average molecular weight is 230 g/mol. The van der Waals surface area contributed by atoms with Gasteiger partial charge in [0.15, 0.2) is 0 Å². The summed E-state index contributed by atoms with van der Waals surface area (Å²) in [6.45, 7) is 4.16.